The van der Waals surface area contributed by atoms with Crippen LogP contribution in [0.25, 0.3) is 0 Å². The van der Waals surface area contributed by atoms with Crippen molar-refractivity contribution in [3.05, 3.63) is 54.1 Å². The summed E-state index contributed by atoms with van der Waals surface area (Å²) in [6.07, 6.45) is 1.31. The van der Waals surface area contributed by atoms with E-state index in [9.17, 15) is 9.90 Å². The molecular formula is C19H22N2O4. The maximum Gasteiger partial charge on any atom is 0.319 e. The molecule has 0 bridgehead atoms. The van der Waals surface area contributed by atoms with Gasteiger partial charge in [-0.2, -0.15) is 0 Å². The van der Waals surface area contributed by atoms with Crippen LogP contribution in [0.4, 0.5) is 10.5 Å². The lowest BCUT2D eigenvalue weighted by molar-refractivity contribution is 0.0539. The zero-order valence-electron chi connectivity index (χ0n) is 14.1. The molecule has 25 heavy (non-hydrogen) atoms. The predicted molar refractivity (Wildman–Crippen MR) is 95.0 cm³/mol. The van der Waals surface area contributed by atoms with E-state index in [1.165, 1.54) is 0 Å². The average molecular weight is 342 g/mol. The number of fused-ring (bicyclic) bond motifs is 1. The Bertz CT molecular complexity index is 731. The summed E-state index contributed by atoms with van der Waals surface area (Å²) in [5.74, 6) is 1.27. The maximum absolute atomic E-state index is 12.0. The first-order valence-electron chi connectivity index (χ1n) is 8.23. The zero-order valence-corrected chi connectivity index (χ0v) is 14.1. The SMILES string of the molecule is CC(O)(CCc1ccccc1)CNC(=O)Nc1ccc2c(c1)OCO2. The Morgan fingerprint density at radius 3 is 2.72 bits per heavy atom. The first-order chi connectivity index (χ1) is 12.0. The van der Waals surface area contributed by atoms with Crippen molar-refractivity contribution >= 4 is 11.7 Å². The number of aryl methyl sites for hydroxylation is 1. The minimum atomic E-state index is -0.984. The van der Waals surface area contributed by atoms with E-state index in [-0.39, 0.29) is 19.4 Å². The second kappa shape index (κ2) is 7.44. The first-order valence-corrected chi connectivity index (χ1v) is 8.23. The third kappa shape index (κ3) is 4.87. The number of carbonyl (C=O) groups is 1. The minimum Gasteiger partial charge on any atom is -0.454 e. The van der Waals surface area contributed by atoms with Gasteiger partial charge in [0.2, 0.25) is 6.79 Å². The van der Waals surface area contributed by atoms with Gasteiger partial charge in [-0.05, 0) is 37.5 Å². The molecule has 0 aromatic heterocycles. The van der Waals surface area contributed by atoms with Crippen LogP contribution in [0.1, 0.15) is 18.9 Å². The molecule has 1 heterocycles. The van der Waals surface area contributed by atoms with Gasteiger partial charge in [-0.3, -0.25) is 0 Å². The smallest absolute Gasteiger partial charge is 0.319 e. The van der Waals surface area contributed by atoms with E-state index in [2.05, 4.69) is 10.6 Å². The molecule has 0 radical (unpaired) electrons. The Hall–Kier alpha value is -2.73. The first kappa shape index (κ1) is 17.1. The highest BCUT2D eigenvalue weighted by Crippen LogP contribution is 2.34. The molecule has 0 saturated carbocycles. The molecule has 3 N–H and O–H groups in total. The van der Waals surface area contributed by atoms with Crippen LogP contribution in [0.15, 0.2) is 48.5 Å². The Labute approximate surface area is 146 Å². The lowest BCUT2D eigenvalue weighted by Crippen LogP contribution is -2.42. The summed E-state index contributed by atoms with van der Waals surface area (Å²) in [4.78, 5) is 12.0. The molecule has 2 amide bonds. The summed E-state index contributed by atoms with van der Waals surface area (Å²) < 4.78 is 10.5. The fraction of sp³-hybridized carbons (Fsp3) is 0.316. The van der Waals surface area contributed by atoms with Crippen LogP contribution in [0.3, 0.4) is 0 Å². The Balaban J connectivity index is 1.46. The van der Waals surface area contributed by atoms with E-state index in [4.69, 9.17) is 9.47 Å². The third-order valence-electron chi connectivity index (χ3n) is 4.06. The molecule has 2 aromatic carbocycles. The molecule has 1 atom stereocenters. The van der Waals surface area contributed by atoms with Crippen molar-refractivity contribution in [2.45, 2.75) is 25.4 Å². The Kier molecular flexibility index (Phi) is 5.09. The molecule has 6 nitrogen and oxygen atoms in total. The van der Waals surface area contributed by atoms with Crippen molar-refractivity contribution in [1.82, 2.24) is 5.32 Å². The van der Waals surface area contributed by atoms with Crippen molar-refractivity contribution in [3.8, 4) is 11.5 Å². The van der Waals surface area contributed by atoms with Crippen LogP contribution in [-0.4, -0.2) is 30.1 Å². The topological polar surface area (TPSA) is 79.8 Å². The summed E-state index contributed by atoms with van der Waals surface area (Å²) in [7, 11) is 0. The highest BCUT2D eigenvalue weighted by atomic mass is 16.7. The summed E-state index contributed by atoms with van der Waals surface area (Å²) in [5, 5.41) is 15.9. The summed E-state index contributed by atoms with van der Waals surface area (Å²) in [6, 6.07) is 14.8. The molecule has 132 valence electrons. The molecule has 3 rings (SSSR count). The fourth-order valence-electron chi connectivity index (χ4n) is 2.57. The lowest BCUT2D eigenvalue weighted by Gasteiger charge is -2.23. The highest BCUT2D eigenvalue weighted by Gasteiger charge is 2.21. The number of amides is 2. The summed E-state index contributed by atoms with van der Waals surface area (Å²) in [5.41, 5.74) is 0.778. The van der Waals surface area contributed by atoms with E-state index in [0.717, 1.165) is 12.0 Å². The number of anilines is 1. The third-order valence-corrected chi connectivity index (χ3v) is 4.06. The van der Waals surface area contributed by atoms with Gasteiger partial charge >= 0.3 is 6.03 Å². The van der Waals surface area contributed by atoms with E-state index >= 15 is 0 Å². The van der Waals surface area contributed by atoms with Gasteiger partial charge in [-0.15, -0.1) is 0 Å². The fourth-order valence-corrected chi connectivity index (χ4v) is 2.57. The normalized spacial score (nSPS) is 14.6. The number of hydrogen-bond donors (Lipinski definition) is 3. The quantitative estimate of drug-likeness (QED) is 0.754. The van der Waals surface area contributed by atoms with Gasteiger partial charge in [-0.25, -0.2) is 4.79 Å². The van der Waals surface area contributed by atoms with E-state index in [1.54, 1.807) is 25.1 Å². The predicted octanol–water partition coefficient (Wildman–Crippen LogP) is 2.92. The van der Waals surface area contributed by atoms with Gasteiger partial charge in [-0.1, -0.05) is 30.3 Å². The number of benzene rings is 2. The molecule has 6 heteroatoms. The number of rotatable bonds is 6. The van der Waals surface area contributed by atoms with Crippen LogP contribution >= 0.6 is 0 Å². The van der Waals surface area contributed by atoms with Gasteiger partial charge in [0.15, 0.2) is 11.5 Å². The molecule has 0 aliphatic carbocycles. The number of ether oxygens (including phenoxy) is 2. The van der Waals surface area contributed by atoms with Crippen molar-refractivity contribution in [3.63, 3.8) is 0 Å². The molecule has 0 spiro atoms. The van der Waals surface area contributed by atoms with E-state index < -0.39 is 5.60 Å². The molecule has 2 aromatic rings. The molecule has 1 aliphatic rings. The zero-order chi connectivity index (χ0) is 17.7. The monoisotopic (exact) mass is 342 g/mol. The molecule has 0 saturated heterocycles. The number of aliphatic hydroxyl groups is 1. The van der Waals surface area contributed by atoms with Gasteiger partial charge in [0.05, 0.1) is 5.60 Å². The summed E-state index contributed by atoms with van der Waals surface area (Å²) >= 11 is 0. The lowest BCUT2D eigenvalue weighted by atomic mass is 9.97. The van der Waals surface area contributed by atoms with Crippen molar-refractivity contribution in [2.75, 3.05) is 18.7 Å². The number of carbonyl (C=O) groups excluding carboxylic acids is 1. The Morgan fingerprint density at radius 1 is 1.16 bits per heavy atom. The second-order valence-electron chi connectivity index (χ2n) is 6.36. The van der Waals surface area contributed by atoms with Gasteiger partial charge in [0, 0.05) is 18.3 Å². The van der Waals surface area contributed by atoms with E-state index in [0.29, 0.717) is 23.6 Å². The molecule has 1 aliphatic heterocycles. The number of urea groups is 1. The number of nitrogens with one attached hydrogen (secondary N) is 2. The molecular weight excluding hydrogens is 320 g/mol. The van der Waals surface area contributed by atoms with Crippen molar-refractivity contribution in [2.24, 2.45) is 0 Å². The highest BCUT2D eigenvalue weighted by molar-refractivity contribution is 5.89. The minimum absolute atomic E-state index is 0.163. The van der Waals surface area contributed by atoms with Crippen LogP contribution in [0.5, 0.6) is 11.5 Å². The van der Waals surface area contributed by atoms with Crippen molar-refractivity contribution < 1.29 is 19.4 Å². The van der Waals surface area contributed by atoms with E-state index in [1.807, 2.05) is 30.3 Å². The molecule has 0 fully saturated rings. The standard InChI is InChI=1S/C19H22N2O4/c1-19(23,10-9-14-5-3-2-4-6-14)12-20-18(22)21-15-7-8-16-17(11-15)25-13-24-16/h2-8,11,23H,9-10,12-13H2,1H3,(H2,20,21,22). The van der Waals surface area contributed by atoms with Crippen molar-refractivity contribution in [1.29, 1.82) is 0 Å². The maximum atomic E-state index is 12.0. The van der Waals surface area contributed by atoms with Gasteiger partial charge in [0.25, 0.3) is 0 Å². The summed E-state index contributed by atoms with van der Waals surface area (Å²) in [6.45, 7) is 2.07. The van der Waals surface area contributed by atoms with Crippen LogP contribution < -0.4 is 20.1 Å². The van der Waals surface area contributed by atoms with Crippen LogP contribution in [0.2, 0.25) is 0 Å². The average Bonchev–Trinajstić information content (AvgIpc) is 3.07. The van der Waals surface area contributed by atoms with Gasteiger partial charge in [0.1, 0.15) is 0 Å². The van der Waals surface area contributed by atoms with Crippen LogP contribution in [-0.2, 0) is 6.42 Å². The number of hydrogen-bond acceptors (Lipinski definition) is 4. The molecule has 1 unspecified atom stereocenters. The Morgan fingerprint density at radius 2 is 1.92 bits per heavy atom. The largest absolute Gasteiger partial charge is 0.454 e. The second-order valence-corrected chi connectivity index (χ2v) is 6.36. The van der Waals surface area contributed by atoms with Crippen LogP contribution in [0, 0.1) is 0 Å². The van der Waals surface area contributed by atoms with Gasteiger partial charge < -0.3 is 25.2 Å².